The molecule has 0 saturated heterocycles. The molecule has 134 valence electrons. The minimum atomic E-state index is -0.523. The average Bonchev–Trinajstić information content (AvgIpc) is 3.04. The van der Waals surface area contributed by atoms with Gasteiger partial charge in [-0.1, -0.05) is 63.3 Å². The summed E-state index contributed by atoms with van der Waals surface area (Å²) < 4.78 is 8.44. The Balaban J connectivity index is 1.85. The molecular weight excluding hydrogens is 318 g/mol. The van der Waals surface area contributed by atoms with Crippen LogP contribution in [0.4, 0.5) is 0 Å². The Morgan fingerprint density at radius 3 is 2.54 bits per heavy atom. The van der Waals surface area contributed by atoms with Gasteiger partial charge in [0.05, 0.1) is 12.1 Å². The van der Waals surface area contributed by atoms with Gasteiger partial charge in [-0.15, -0.1) is 0 Å². The second-order valence-corrected chi connectivity index (χ2v) is 7.42. The van der Waals surface area contributed by atoms with E-state index in [0.29, 0.717) is 0 Å². The first-order chi connectivity index (χ1) is 11.7. The summed E-state index contributed by atoms with van der Waals surface area (Å²) in [5.74, 6) is 0.813. The molecule has 4 heteroatoms. The molecule has 0 amide bonds. The Morgan fingerprint density at radius 1 is 1.12 bits per heavy atom. The van der Waals surface area contributed by atoms with Crippen molar-refractivity contribution in [2.75, 3.05) is 6.54 Å². The molecule has 0 saturated carbocycles. The van der Waals surface area contributed by atoms with Gasteiger partial charge < -0.3 is 9.84 Å². The summed E-state index contributed by atoms with van der Waals surface area (Å²) in [5, 5.41) is 12.3. The lowest BCUT2D eigenvalue weighted by Crippen LogP contribution is -2.46. The molecule has 3 atom stereocenters. The number of benzene rings is 1. The maximum absolute atomic E-state index is 10.2. The van der Waals surface area contributed by atoms with Gasteiger partial charge in [-0.2, -0.15) is 0 Å². The van der Waals surface area contributed by atoms with Gasteiger partial charge in [-0.05, 0) is 42.8 Å². The molecule has 1 aromatic rings. The normalized spacial score (nSPS) is 20.2. The first kappa shape index (κ1) is 19.4. The van der Waals surface area contributed by atoms with Crippen molar-refractivity contribution < 1.29 is 9.84 Å². The van der Waals surface area contributed by atoms with E-state index < -0.39 is 6.10 Å². The monoisotopic (exact) mass is 349 g/mol. The zero-order valence-corrected chi connectivity index (χ0v) is 15.8. The second-order valence-electron chi connectivity index (χ2n) is 6.47. The van der Waals surface area contributed by atoms with Crippen molar-refractivity contribution in [3.8, 4) is 5.75 Å². The lowest BCUT2D eigenvalue weighted by molar-refractivity contribution is 0.0209. The fourth-order valence-electron chi connectivity index (χ4n) is 2.99. The van der Waals surface area contributed by atoms with Gasteiger partial charge in [-0.3, -0.25) is 0 Å². The predicted octanol–water partition coefficient (Wildman–Crippen LogP) is 5.02. The summed E-state index contributed by atoms with van der Waals surface area (Å²) >= 11 is 1.74. The van der Waals surface area contributed by atoms with Crippen LogP contribution in [0.3, 0.4) is 0 Å². The number of aliphatic hydroxyl groups is 1. The van der Waals surface area contributed by atoms with Crippen LogP contribution in [-0.2, 0) is 0 Å². The first-order valence-corrected chi connectivity index (χ1v) is 10.1. The van der Waals surface area contributed by atoms with Crippen molar-refractivity contribution in [2.45, 2.75) is 70.6 Å². The van der Waals surface area contributed by atoms with E-state index in [2.05, 4.69) is 22.7 Å². The van der Waals surface area contributed by atoms with Crippen LogP contribution in [0.2, 0.25) is 0 Å². The summed E-state index contributed by atoms with van der Waals surface area (Å²) in [6.45, 7) is 5.10. The quantitative estimate of drug-likeness (QED) is 0.449. The van der Waals surface area contributed by atoms with E-state index in [-0.39, 0.29) is 12.1 Å². The van der Waals surface area contributed by atoms with E-state index in [1.807, 2.05) is 37.3 Å². The minimum absolute atomic E-state index is 0.117. The summed E-state index contributed by atoms with van der Waals surface area (Å²) in [4.78, 5) is 0. The van der Waals surface area contributed by atoms with Crippen LogP contribution in [0.15, 0.2) is 41.8 Å². The predicted molar refractivity (Wildman–Crippen MR) is 103 cm³/mol. The minimum Gasteiger partial charge on any atom is -0.486 e. The molecule has 0 aliphatic carbocycles. The molecule has 3 nitrogen and oxygen atoms in total. The molecule has 1 aliphatic rings. The van der Waals surface area contributed by atoms with Crippen LogP contribution in [0.1, 0.15) is 52.4 Å². The van der Waals surface area contributed by atoms with E-state index in [9.17, 15) is 5.11 Å². The molecule has 1 aromatic carbocycles. The topological polar surface area (TPSA) is 32.7 Å². The van der Waals surface area contributed by atoms with Crippen molar-refractivity contribution in [2.24, 2.45) is 0 Å². The molecule has 1 N–H and O–H groups in total. The highest BCUT2D eigenvalue weighted by Gasteiger charge is 2.33. The summed E-state index contributed by atoms with van der Waals surface area (Å²) in [6, 6.07) is 9.90. The van der Waals surface area contributed by atoms with Crippen molar-refractivity contribution in [1.82, 2.24) is 4.31 Å². The number of rotatable bonds is 11. The molecular formula is C20H31NO2S. The summed E-state index contributed by atoms with van der Waals surface area (Å²) in [7, 11) is 0. The maximum atomic E-state index is 10.2. The van der Waals surface area contributed by atoms with Crippen molar-refractivity contribution >= 4 is 11.9 Å². The van der Waals surface area contributed by atoms with Crippen LogP contribution in [-0.4, -0.2) is 34.2 Å². The van der Waals surface area contributed by atoms with Crippen LogP contribution in [0.5, 0.6) is 5.75 Å². The van der Waals surface area contributed by atoms with Crippen LogP contribution >= 0.6 is 11.9 Å². The Kier molecular flexibility index (Phi) is 8.71. The first-order valence-electron chi connectivity index (χ1n) is 9.22. The Morgan fingerprint density at radius 2 is 1.83 bits per heavy atom. The van der Waals surface area contributed by atoms with Gasteiger partial charge >= 0.3 is 0 Å². The SMILES string of the molecule is CCCCCCCCN1SC=CC1C(Oc1ccccc1)C(C)O. The van der Waals surface area contributed by atoms with Gasteiger partial charge in [0, 0.05) is 6.54 Å². The fraction of sp³-hybridized carbons (Fsp3) is 0.600. The van der Waals surface area contributed by atoms with E-state index in [1.165, 1.54) is 38.5 Å². The zero-order valence-electron chi connectivity index (χ0n) is 14.9. The summed E-state index contributed by atoms with van der Waals surface area (Å²) in [5.41, 5.74) is 0. The zero-order chi connectivity index (χ0) is 17.2. The third-order valence-electron chi connectivity index (χ3n) is 4.36. The third-order valence-corrected chi connectivity index (χ3v) is 5.34. The van der Waals surface area contributed by atoms with Crippen molar-refractivity contribution in [3.05, 3.63) is 41.8 Å². The molecule has 1 aliphatic heterocycles. The highest BCUT2D eigenvalue weighted by atomic mass is 32.2. The molecule has 3 unspecified atom stereocenters. The van der Waals surface area contributed by atoms with Gasteiger partial charge in [0.1, 0.15) is 11.9 Å². The van der Waals surface area contributed by atoms with Crippen LogP contribution < -0.4 is 4.74 Å². The Labute approximate surface area is 151 Å². The number of hydrogen-bond acceptors (Lipinski definition) is 4. The molecule has 1 heterocycles. The lowest BCUT2D eigenvalue weighted by atomic mass is 10.1. The van der Waals surface area contributed by atoms with Crippen LogP contribution in [0, 0.1) is 0 Å². The van der Waals surface area contributed by atoms with E-state index >= 15 is 0 Å². The molecule has 0 fully saturated rings. The smallest absolute Gasteiger partial charge is 0.144 e. The number of nitrogens with zero attached hydrogens (tertiary/aromatic N) is 1. The van der Waals surface area contributed by atoms with Crippen molar-refractivity contribution in [1.29, 1.82) is 0 Å². The van der Waals surface area contributed by atoms with Gasteiger partial charge in [-0.25, -0.2) is 4.31 Å². The largest absolute Gasteiger partial charge is 0.486 e. The Hall–Kier alpha value is -0.970. The molecule has 0 radical (unpaired) electrons. The number of para-hydroxylation sites is 1. The van der Waals surface area contributed by atoms with Gasteiger partial charge in [0.2, 0.25) is 0 Å². The van der Waals surface area contributed by atoms with Crippen molar-refractivity contribution in [3.63, 3.8) is 0 Å². The molecule has 0 aromatic heterocycles. The third kappa shape index (κ3) is 6.15. The number of ether oxygens (including phenoxy) is 1. The highest BCUT2D eigenvalue weighted by molar-refractivity contribution is 8.00. The molecule has 0 bridgehead atoms. The van der Waals surface area contributed by atoms with Crippen LogP contribution in [0.25, 0.3) is 0 Å². The molecule has 24 heavy (non-hydrogen) atoms. The molecule has 0 spiro atoms. The Bertz CT molecular complexity index is 478. The van der Waals surface area contributed by atoms with Gasteiger partial charge in [0.25, 0.3) is 0 Å². The average molecular weight is 350 g/mol. The lowest BCUT2D eigenvalue weighted by Gasteiger charge is -2.32. The van der Waals surface area contributed by atoms with Gasteiger partial charge in [0.15, 0.2) is 0 Å². The standard InChI is InChI=1S/C20H31NO2S/c1-3-4-5-6-7-11-15-21-19(14-16-24-21)20(17(2)22)23-18-12-9-8-10-13-18/h8-10,12-14,16-17,19-20,22H,3-7,11,15H2,1-2H3. The van der Waals surface area contributed by atoms with E-state index in [0.717, 1.165) is 12.3 Å². The number of unbranched alkanes of at least 4 members (excludes halogenated alkanes) is 5. The maximum Gasteiger partial charge on any atom is 0.144 e. The summed E-state index contributed by atoms with van der Waals surface area (Å²) in [6.07, 6.45) is 9.17. The van der Waals surface area contributed by atoms with E-state index in [1.54, 1.807) is 11.9 Å². The highest BCUT2D eigenvalue weighted by Crippen LogP contribution is 2.30. The molecule has 2 rings (SSSR count). The second kappa shape index (κ2) is 10.8. The fourth-order valence-corrected chi connectivity index (χ4v) is 3.95. The number of aliphatic hydroxyl groups excluding tert-OH is 1. The van der Waals surface area contributed by atoms with E-state index in [4.69, 9.17) is 4.74 Å². The number of hydrogen-bond donors (Lipinski definition) is 1.